The molecule has 2 heterocycles. The summed E-state index contributed by atoms with van der Waals surface area (Å²) >= 11 is 1.28. The van der Waals surface area contributed by atoms with Crippen LogP contribution in [0.5, 0.6) is 0 Å². The van der Waals surface area contributed by atoms with Crippen molar-refractivity contribution in [1.29, 1.82) is 0 Å². The summed E-state index contributed by atoms with van der Waals surface area (Å²) in [4.78, 5) is 77.0. The Balaban J connectivity index is 1.26. The molecule has 0 saturated carbocycles. The van der Waals surface area contributed by atoms with Gasteiger partial charge in [-0.1, -0.05) is 5.16 Å². The van der Waals surface area contributed by atoms with Crippen LogP contribution in [0.25, 0.3) is 0 Å². The van der Waals surface area contributed by atoms with Crippen molar-refractivity contribution >= 4 is 53.1 Å². The number of nitrogens with zero attached hydrogens (tertiary/aromatic N) is 5. The van der Waals surface area contributed by atoms with Gasteiger partial charge < -0.3 is 19.0 Å². The number of carbonyl (C=O) groups excluding carboxylic acids is 3. The maximum absolute atomic E-state index is 13.5. The number of hydrogen-bond acceptors (Lipinski definition) is 15. The minimum absolute atomic E-state index is 0.0443. The van der Waals surface area contributed by atoms with Crippen molar-refractivity contribution in [3.05, 3.63) is 131 Å². The fourth-order valence-corrected chi connectivity index (χ4v) is 6.50. The molecule has 3 aromatic rings. The van der Waals surface area contributed by atoms with Gasteiger partial charge >= 0.3 is 12.1 Å². The first-order valence-electron chi connectivity index (χ1n) is 15.0. The smallest absolute Gasteiger partial charge is 0.456 e. The Morgan fingerprint density at radius 3 is 1.78 bits per heavy atom. The fraction of sp³-hybridized carbons (Fsp3) is 0.250. The summed E-state index contributed by atoms with van der Waals surface area (Å²) in [6.07, 6.45) is -0.773. The molecule has 264 valence electrons. The molecule has 0 aromatic heterocycles. The van der Waals surface area contributed by atoms with Gasteiger partial charge in [0, 0.05) is 47.7 Å². The normalized spacial score (nSPS) is 17.2. The number of amides is 1. The zero-order valence-electron chi connectivity index (χ0n) is 26.5. The molecule has 0 bridgehead atoms. The van der Waals surface area contributed by atoms with Crippen LogP contribution >= 0.6 is 11.8 Å². The highest BCUT2D eigenvalue weighted by atomic mass is 32.2. The van der Waals surface area contributed by atoms with Crippen LogP contribution < -0.4 is 0 Å². The van der Waals surface area contributed by atoms with Crippen molar-refractivity contribution in [3.8, 4) is 0 Å². The van der Waals surface area contributed by atoms with Crippen molar-refractivity contribution in [2.24, 2.45) is 11.1 Å². The number of fused-ring (bicyclic) bond motifs is 1. The lowest BCUT2D eigenvalue weighted by atomic mass is 9.91. The lowest BCUT2D eigenvalue weighted by Gasteiger charge is -2.50. The van der Waals surface area contributed by atoms with E-state index in [4.69, 9.17) is 19.0 Å². The van der Waals surface area contributed by atoms with Crippen molar-refractivity contribution < 1.29 is 48.2 Å². The lowest BCUT2D eigenvalue weighted by Crippen LogP contribution is -2.65. The van der Waals surface area contributed by atoms with E-state index < -0.39 is 50.2 Å². The third-order valence-corrected chi connectivity index (χ3v) is 9.03. The number of carbonyl (C=O) groups is 3. The van der Waals surface area contributed by atoms with Crippen LogP contribution in [-0.2, 0) is 48.5 Å². The lowest BCUT2D eigenvalue weighted by molar-refractivity contribution is -0.385. The van der Waals surface area contributed by atoms with Gasteiger partial charge in [-0.25, -0.2) is 9.59 Å². The van der Waals surface area contributed by atoms with Crippen LogP contribution in [0.1, 0.15) is 23.6 Å². The zero-order chi connectivity index (χ0) is 36.7. The Kier molecular flexibility index (Phi) is 11.2. The Bertz CT molecular complexity index is 1900. The van der Waals surface area contributed by atoms with Gasteiger partial charge in [0.2, 0.25) is 5.91 Å². The topological polar surface area (TPSA) is 233 Å². The average molecular weight is 722 g/mol. The molecule has 2 aliphatic heterocycles. The van der Waals surface area contributed by atoms with Gasteiger partial charge in [0.15, 0.2) is 0 Å². The summed E-state index contributed by atoms with van der Waals surface area (Å²) in [6.45, 7) is 0.976. The first-order chi connectivity index (χ1) is 24.4. The predicted octanol–water partition coefficient (Wildman–Crippen LogP) is 5.18. The van der Waals surface area contributed by atoms with Crippen LogP contribution in [0.2, 0.25) is 0 Å². The van der Waals surface area contributed by atoms with Gasteiger partial charge in [-0.05, 0) is 60.0 Å². The Labute approximate surface area is 292 Å². The van der Waals surface area contributed by atoms with E-state index in [-0.39, 0.29) is 53.9 Å². The van der Waals surface area contributed by atoms with E-state index in [2.05, 4.69) is 5.16 Å². The first-order valence-corrected chi connectivity index (χ1v) is 16.0. The number of non-ortho nitro benzene ring substituents is 3. The standard InChI is InChI=1S/C32H27N5O13S/c1-19(50-32(40)48-16-21-4-10-25(11-5-21)36(43)44)27-29(38)34-28(31(39)47-15-20-2-8-24(9-3-20)35(41)42)23(18-51-30(27)34)14-33-49-17-22-6-12-26(13-7-22)37(45)46/h2-14,19,27,30H,15-18H2,1H3/t19-,27+,30-/m1/s1. The number of nitro benzene ring substituents is 3. The quantitative estimate of drug-likeness (QED) is 0.0686. The fourth-order valence-electron chi connectivity index (χ4n) is 5.03. The van der Waals surface area contributed by atoms with Crippen LogP contribution in [0.4, 0.5) is 21.9 Å². The molecule has 1 amide bonds. The average Bonchev–Trinajstić information content (AvgIpc) is 3.11. The van der Waals surface area contributed by atoms with E-state index in [0.717, 1.165) is 0 Å². The van der Waals surface area contributed by atoms with E-state index in [1.165, 1.54) is 103 Å². The minimum atomic E-state index is -1.07. The summed E-state index contributed by atoms with van der Waals surface area (Å²) in [6, 6.07) is 16.4. The molecule has 3 atom stereocenters. The van der Waals surface area contributed by atoms with E-state index >= 15 is 0 Å². The molecule has 3 aromatic carbocycles. The van der Waals surface area contributed by atoms with E-state index in [1.54, 1.807) is 0 Å². The molecular formula is C32H27N5O13S. The van der Waals surface area contributed by atoms with Crippen LogP contribution in [0.15, 0.2) is 89.2 Å². The van der Waals surface area contributed by atoms with Crippen LogP contribution in [0, 0.1) is 36.3 Å². The molecule has 19 heteroatoms. The first kappa shape index (κ1) is 35.9. The van der Waals surface area contributed by atoms with Gasteiger partial charge in [0.1, 0.15) is 37.5 Å². The summed E-state index contributed by atoms with van der Waals surface area (Å²) in [5, 5.41) is 36.0. The van der Waals surface area contributed by atoms with Crippen molar-refractivity contribution in [1.82, 2.24) is 4.90 Å². The maximum atomic E-state index is 13.5. The van der Waals surface area contributed by atoms with Crippen molar-refractivity contribution in [3.63, 3.8) is 0 Å². The van der Waals surface area contributed by atoms with Crippen LogP contribution in [-0.4, -0.2) is 61.1 Å². The van der Waals surface area contributed by atoms with Gasteiger partial charge in [-0.15, -0.1) is 11.8 Å². The van der Waals surface area contributed by atoms with Gasteiger partial charge in [0.25, 0.3) is 17.1 Å². The third kappa shape index (κ3) is 8.63. The highest BCUT2D eigenvalue weighted by molar-refractivity contribution is 8.00. The van der Waals surface area contributed by atoms with E-state index in [0.29, 0.717) is 16.7 Å². The molecular weight excluding hydrogens is 694 g/mol. The second kappa shape index (κ2) is 15.9. The molecule has 0 radical (unpaired) electrons. The largest absolute Gasteiger partial charge is 0.508 e. The molecule has 1 saturated heterocycles. The Morgan fingerprint density at radius 2 is 1.29 bits per heavy atom. The molecule has 18 nitrogen and oxygen atoms in total. The van der Waals surface area contributed by atoms with Gasteiger partial charge in [0.05, 0.1) is 26.4 Å². The zero-order valence-corrected chi connectivity index (χ0v) is 27.3. The number of esters is 1. The maximum Gasteiger partial charge on any atom is 0.508 e. The number of β-lactam (4-membered cyclic amide) rings is 1. The Morgan fingerprint density at radius 1 is 0.824 bits per heavy atom. The monoisotopic (exact) mass is 721 g/mol. The van der Waals surface area contributed by atoms with Crippen LogP contribution in [0.3, 0.4) is 0 Å². The molecule has 51 heavy (non-hydrogen) atoms. The second-order valence-corrected chi connectivity index (χ2v) is 12.1. The second-order valence-electron chi connectivity index (χ2n) is 11.0. The molecule has 0 spiro atoms. The molecule has 0 aliphatic carbocycles. The predicted molar refractivity (Wildman–Crippen MR) is 177 cm³/mol. The number of ether oxygens (including phenoxy) is 3. The molecule has 0 N–H and O–H groups in total. The Hall–Kier alpha value is -6.37. The molecule has 1 fully saturated rings. The summed E-state index contributed by atoms with van der Waals surface area (Å²) in [5.74, 6) is -2.09. The molecule has 5 rings (SSSR count). The number of benzene rings is 3. The van der Waals surface area contributed by atoms with E-state index in [9.17, 15) is 44.7 Å². The number of thioether (sulfide) groups is 1. The van der Waals surface area contributed by atoms with Gasteiger partial charge in [-0.2, -0.15) is 0 Å². The van der Waals surface area contributed by atoms with E-state index in [1.807, 2.05) is 0 Å². The van der Waals surface area contributed by atoms with Crippen molar-refractivity contribution in [2.45, 2.75) is 38.2 Å². The summed E-state index contributed by atoms with van der Waals surface area (Å²) in [7, 11) is 0. The summed E-state index contributed by atoms with van der Waals surface area (Å²) in [5.41, 5.74) is 1.35. The minimum Gasteiger partial charge on any atom is -0.456 e. The van der Waals surface area contributed by atoms with Crippen molar-refractivity contribution in [2.75, 3.05) is 5.75 Å². The summed E-state index contributed by atoms with van der Waals surface area (Å²) < 4.78 is 16.0. The number of oxime groups is 1. The molecule has 0 unspecified atom stereocenters. The third-order valence-electron chi connectivity index (χ3n) is 7.70. The number of hydrogen-bond donors (Lipinski definition) is 0. The number of nitro groups is 3. The highest BCUT2D eigenvalue weighted by Gasteiger charge is 2.56. The SMILES string of the molecule is C[C@@H](OC(=O)OCc1ccc([N+](=O)[O-])cc1)[C@H]1C(=O)N2C(C(=O)OCc3ccc([N+](=O)[O-])cc3)=C(C=NOCc3ccc([N+](=O)[O-])cc3)CS[C@H]12. The number of rotatable bonds is 14. The van der Waals surface area contributed by atoms with Gasteiger partial charge in [-0.3, -0.25) is 40.0 Å². The molecule has 2 aliphatic rings. The highest BCUT2D eigenvalue weighted by Crippen LogP contribution is 2.45.